The highest BCUT2D eigenvalue weighted by molar-refractivity contribution is 5.38. The van der Waals surface area contributed by atoms with E-state index in [1.807, 2.05) is 12.4 Å². The molecule has 4 nitrogen and oxygen atoms in total. The monoisotopic (exact) mass is 271 g/mol. The molecule has 3 rings (SSSR count). The Labute approximate surface area is 119 Å². The number of methoxy groups -OCH3 is 1. The van der Waals surface area contributed by atoms with Crippen molar-refractivity contribution in [2.75, 3.05) is 7.11 Å². The fourth-order valence-corrected chi connectivity index (χ4v) is 2.95. The molecular weight excluding hydrogens is 250 g/mol. The number of nitrogens with zero attached hydrogens (tertiary/aromatic N) is 1. The van der Waals surface area contributed by atoms with Crippen LogP contribution < -0.4 is 10.1 Å². The predicted octanol–water partition coefficient (Wildman–Crippen LogP) is 2.63. The van der Waals surface area contributed by atoms with E-state index in [0.29, 0.717) is 12.1 Å². The summed E-state index contributed by atoms with van der Waals surface area (Å²) in [5.41, 5.74) is 4.08. The normalized spacial score (nSPS) is 19.4. The van der Waals surface area contributed by atoms with E-state index in [4.69, 9.17) is 4.74 Å². The molecule has 0 saturated heterocycles. The van der Waals surface area contributed by atoms with E-state index in [1.165, 1.54) is 23.1 Å². The topological polar surface area (TPSA) is 49.9 Å². The van der Waals surface area contributed by atoms with Crippen LogP contribution in [0, 0.1) is 0 Å². The maximum atomic E-state index is 5.32. The molecule has 1 aromatic heterocycles. The number of nitrogens with one attached hydrogen (secondary N) is 2. The summed E-state index contributed by atoms with van der Waals surface area (Å²) in [4.78, 5) is 0. The molecule has 0 radical (unpaired) electrons. The van der Waals surface area contributed by atoms with Gasteiger partial charge in [0.15, 0.2) is 0 Å². The fourth-order valence-electron chi connectivity index (χ4n) is 2.95. The molecule has 0 amide bonds. The molecular formula is C16H21N3O. The zero-order valence-corrected chi connectivity index (χ0v) is 12.0. The van der Waals surface area contributed by atoms with Crippen LogP contribution in [0.15, 0.2) is 30.6 Å². The lowest BCUT2D eigenvalue weighted by molar-refractivity contribution is 0.402. The van der Waals surface area contributed by atoms with Crippen LogP contribution in [0.2, 0.25) is 0 Å². The van der Waals surface area contributed by atoms with Crippen LogP contribution in [0.3, 0.4) is 0 Å². The van der Waals surface area contributed by atoms with Gasteiger partial charge in [-0.15, -0.1) is 0 Å². The van der Waals surface area contributed by atoms with Gasteiger partial charge in [0.1, 0.15) is 5.75 Å². The molecule has 4 heteroatoms. The van der Waals surface area contributed by atoms with Crippen molar-refractivity contribution in [1.29, 1.82) is 0 Å². The first-order valence-corrected chi connectivity index (χ1v) is 7.17. The lowest BCUT2D eigenvalue weighted by Crippen LogP contribution is -2.36. The summed E-state index contributed by atoms with van der Waals surface area (Å²) in [5, 5.41) is 10.6. The minimum atomic E-state index is 0.325. The number of benzene rings is 1. The van der Waals surface area contributed by atoms with Crippen LogP contribution >= 0.6 is 0 Å². The number of hydrogen-bond acceptors (Lipinski definition) is 3. The smallest absolute Gasteiger partial charge is 0.119 e. The van der Waals surface area contributed by atoms with Crippen molar-refractivity contribution in [3.8, 4) is 5.75 Å². The third kappa shape index (κ3) is 2.70. The average molecular weight is 271 g/mol. The molecule has 2 N–H and O–H groups in total. The molecule has 0 bridgehead atoms. The molecule has 2 atom stereocenters. The van der Waals surface area contributed by atoms with Gasteiger partial charge >= 0.3 is 0 Å². The molecule has 2 aromatic rings. The summed E-state index contributed by atoms with van der Waals surface area (Å²) >= 11 is 0. The Bertz CT molecular complexity index is 565. The van der Waals surface area contributed by atoms with Gasteiger partial charge in [-0.25, -0.2) is 0 Å². The van der Waals surface area contributed by atoms with Gasteiger partial charge in [0.05, 0.1) is 13.3 Å². The molecule has 1 heterocycles. The second kappa shape index (κ2) is 5.67. The highest BCUT2D eigenvalue weighted by Gasteiger charge is 2.21. The number of aryl methyl sites for hydroxylation is 1. The maximum Gasteiger partial charge on any atom is 0.119 e. The summed E-state index contributed by atoms with van der Waals surface area (Å²) < 4.78 is 5.32. The highest BCUT2D eigenvalue weighted by atomic mass is 16.5. The molecule has 1 aliphatic rings. The maximum absolute atomic E-state index is 5.32. The lowest BCUT2D eigenvalue weighted by atomic mass is 9.87. The van der Waals surface area contributed by atoms with Crippen LogP contribution in [-0.2, 0) is 12.8 Å². The SMILES string of the molecule is COc1ccc2c(c1)CC(NC(C)c1cn[nH]c1)CC2. The summed E-state index contributed by atoms with van der Waals surface area (Å²) in [6, 6.07) is 7.27. The summed E-state index contributed by atoms with van der Waals surface area (Å²) in [6.07, 6.45) is 7.22. The number of hydrogen-bond donors (Lipinski definition) is 2. The second-order valence-electron chi connectivity index (χ2n) is 5.49. The zero-order valence-electron chi connectivity index (χ0n) is 12.0. The third-order valence-electron chi connectivity index (χ3n) is 4.15. The average Bonchev–Trinajstić information content (AvgIpc) is 3.00. The molecule has 1 aliphatic carbocycles. The first kappa shape index (κ1) is 13.2. The van der Waals surface area contributed by atoms with E-state index in [-0.39, 0.29) is 0 Å². The second-order valence-corrected chi connectivity index (χ2v) is 5.49. The Hall–Kier alpha value is -1.81. The first-order valence-electron chi connectivity index (χ1n) is 7.17. The van der Waals surface area contributed by atoms with E-state index in [9.17, 15) is 0 Å². The van der Waals surface area contributed by atoms with E-state index >= 15 is 0 Å². The predicted molar refractivity (Wildman–Crippen MR) is 78.9 cm³/mol. The number of H-pyrrole nitrogens is 1. The van der Waals surface area contributed by atoms with Crippen molar-refractivity contribution in [2.45, 2.75) is 38.3 Å². The van der Waals surface area contributed by atoms with Crippen molar-refractivity contribution < 1.29 is 4.74 Å². The van der Waals surface area contributed by atoms with Gasteiger partial charge in [-0.1, -0.05) is 6.07 Å². The highest BCUT2D eigenvalue weighted by Crippen LogP contribution is 2.26. The van der Waals surface area contributed by atoms with Crippen LogP contribution in [0.1, 0.15) is 36.1 Å². The number of aromatic amines is 1. The molecule has 106 valence electrons. The molecule has 2 unspecified atom stereocenters. The summed E-state index contributed by atoms with van der Waals surface area (Å²) in [6.45, 7) is 2.19. The van der Waals surface area contributed by atoms with Gasteiger partial charge < -0.3 is 10.1 Å². The number of rotatable bonds is 4. The van der Waals surface area contributed by atoms with Crippen molar-refractivity contribution in [1.82, 2.24) is 15.5 Å². The van der Waals surface area contributed by atoms with Crippen molar-refractivity contribution in [2.24, 2.45) is 0 Å². The number of ether oxygens (including phenoxy) is 1. The Balaban J connectivity index is 1.68. The van der Waals surface area contributed by atoms with Gasteiger partial charge in [-0.05, 0) is 49.4 Å². The van der Waals surface area contributed by atoms with Crippen LogP contribution in [-0.4, -0.2) is 23.3 Å². The van der Waals surface area contributed by atoms with Gasteiger partial charge in [-0.3, -0.25) is 5.10 Å². The Kier molecular flexibility index (Phi) is 3.74. The number of fused-ring (bicyclic) bond motifs is 1. The van der Waals surface area contributed by atoms with E-state index in [1.54, 1.807) is 7.11 Å². The quantitative estimate of drug-likeness (QED) is 0.898. The summed E-state index contributed by atoms with van der Waals surface area (Å²) in [5.74, 6) is 0.951. The molecule has 1 aromatic carbocycles. The molecule has 0 aliphatic heterocycles. The zero-order chi connectivity index (χ0) is 13.9. The summed E-state index contributed by atoms with van der Waals surface area (Å²) in [7, 11) is 1.72. The van der Waals surface area contributed by atoms with Gasteiger partial charge in [-0.2, -0.15) is 5.10 Å². The van der Waals surface area contributed by atoms with E-state index < -0.39 is 0 Å². The Morgan fingerprint density at radius 3 is 3.05 bits per heavy atom. The Morgan fingerprint density at radius 2 is 2.30 bits per heavy atom. The van der Waals surface area contributed by atoms with Crippen LogP contribution in [0.4, 0.5) is 0 Å². The molecule has 0 saturated carbocycles. The number of aromatic nitrogens is 2. The standard InChI is InChI=1S/C16H21N3O/c1-11(14-9-17-18-10-14)19-15-5-3-12-4-6-16(20-2)8-13(12)7-15/h4,6,8-11,15,19H,3,5,7H2,1-2H3,(H,17,18). The fraction of sp³-hybridized carbons (Fsp3) is 0.438. The van der Waals surface area contributed by atoms with Crippen LogP contribution in [0.25, 0.3) is 0 Å². The lowest BCUT2D eigenvalue weighted by Gasteiger charge is -2.28. The van der Waals surface area contributed by atoms with Gasteiger partial charge in [0.2, 0.25) is 0 Å². The Morgan fingerprint density at radius 1 is 1.40 bits per heavy atom. The minimum absolute atomic E-state index is 0.325. The van der Waals surface area contributed by atoms with Gasteiger partial charge in [0.25, 0.3) is 0 Å². The largest absolute Gasteiger partial charge is 0.497 e. The van der Waals surface area contributed by atoms with Crippen molar-refractivity contribution >= 4 is 0 Å². The third-order valence-corrected chi connectivity index (χ3v) is 4.15. The van der Waals surface area contributed by atoms with E-state index in [0.717, 1.165) is 18.6 Å². The van der Waals surface area contributed by atoms with E-state index in [2.05, 4.69) is 40.6 Å². The molecule has 20 heavy (non-hydrogen) atoms. The minimum Gasteiger partial charge on any atom is -0.497 e. The first-order chi connectivity index (χ1) is 9.76. The van der Waals surface area contributed by atoms with Crippen molar-refractivity contribution in [3.05, 3.63) is 47.3 Å². The van der Waals surface area contributed by atoms with Crippen molar-refractivity contribution in [3.63, 3.8) is 0 Å². The van der Waals surface area contributed by atoms with Crippen LogP contribution in [0.5, 0.6) is 5.75 Å². The van der Waals surface area contributed by atoms with Gasteiger partial charge in [0, 0.05) is 23.8 Å². The molecule has 0 spiro atoms. The molecule has 0 fully saturated rings.